The van der Waals surface area contributed by atoms with Gasteiger partial charge in [0.25, 0.3) is 0 Å². The molecule has 0 spiro atoms. The van der Waals surface area contributed by atoms with Crippen LogP contribution in [-0.2, 0) is 116 Å². The zero-order chi connectivity index (χ0) is 26.2. The maximum Gasteiger partial charge on any atom is 3.00 e. The van der Waals surface area contributed by atoms with Crippen LogP contribution in [0.3, 0.4) is 0 Å². The topological polar surface area (TPSA) is 55.4 Å². The van der Waals surface area contributed by atoms with E-state index in [9.17, 15) is 0 Å². The Balaban J connectivity index is -0.000000196. The van der Waals surface area contributed by atoms with E-state index in [4.69, 9.17) is 99.3 Å². The summed E-state index contributed by atoms with van der Waals surface area (Å²) in [6, 6.07) is 0. The van der Waals surface area contributed by atoms with Crippen LogP contribution >= 0.6 is 17.1 Å². The molecule has 0 bridgehead atoms. The van der Waals surface area contributed by atoms with Gasteiger partial charge in [-0.2, -0.15) is 0 Å². The van der Waals surface area contributed by atoms with E-state index in [1.807, 2.05) is 41.5 Å². The molecule has 0 amide bonds. The van der Waals surface area contributed by atoms with E-state index in [-0.39, 0.29) is 17.1 Å². The van der Waals surface area contributed by atoms with Crippen molar-refractivity contribution >= 4 is 89.2 Å². The van der Waals surface area contributed by atoms with Gasteiger partial charge in [-0.3, -0.25) is 0 Å². The Bertz CT molecular complexity index is 468. The molecule has 1 radical (unpaired) electrons. The van der Waals surface area contributed by atoms with Gasteiger partial charge in [-0.25, -0.2) is 0 Å². The minimum absolute atomic E-state index is 0. The minimum Gasteiger partial charge on any atom is -0.691 e. The molecule has 0 saturated carbocycles. The third kappa shape index (κ3) is 37.4. The van der Waals surface area contributed by atoms with Crippen molar-refractivity contribution in [3.63, 3.8) is 0 Å². The molecule has 0 aromatic heterocycles. The van der Waals surface area contributed by atoms with Gasteiger partial charge in [0.05, 0.1) is 56.7 Å². The van der Waals surface area contributed by atoms with Crippen molar-refractivity contribution in [3.05, 3.63) is 0 Å². The van der Waals surface area contributed by atoms with Crippen LogP contribution in [-0.4, -0.2) is 39.6 Å². The van der Waals surface area contributed by atoms with E-state index in [1.165, 1.54) is 0 Å². The first-order valence-corrected chi connectivity index (χ1v) is 22.1. The van der Waals surface area contributed by atoms with Crippen molar-refractivity contribution in [2.24, 2.45) is 0 Å². The van der Waals surface area contributed by atoms with Crippen molar-refractivity contribution in [1.82, 2.24) is 0 Å². The minimum atomic E-state index is -2.31. The summed E-state index contributed by atoms with van der Waals surface area (Å²) in [6.45, 7) is 15.8. The van der Waals surface area contributed by atoms with E-state index in [0.29, 0.717) is 39.6 Å². The summed E-state index contributed by atoms with van der Waals surface area (Å²) in [4.78, 5) is 0. The van der Waals surface area contributed by atoms with E-state index < -0.39 is 17.1 Å². The monoisotopic (exact) mass is 695 g/mol. The molecule has 16 heteroatoms. The van der Waals surface area contributed by atoms with Gasteiger partial charge in [-0.1, -0.05) is 77.0 Å². The van der Waals surface area contributed by atoms with Crippen LogP contribution in [0.5, 0.6) is 0 Å². The Morgan fingerprint density at radius 1 is 0.412 bits per heavy atom. The molecule has 0 aliphatic heterocycles. The Morgan fingerprint density at radius 3 is 0.618 bits per heavy atom. The molecule has 6 nitrogen and oxygen atoms in total. The summed E-state index contributed by atoms with van der Waals surface area (Å²) in [6.07, 6.45) is 5.61. The van der Waals surface area contributed by atoms with Crippen molar-refractivity contribution in [1.29, 1.82) is 0 Å². The van der Waals surface area contributed by atoms with E-state index in [0.717, 1.165) is 38.5 Å². The Morgan fingerprint density at radius 2 is 0.529 bits per heavy atom. The van der Waals surface area contributed by atoms with Crippen molar-refractivity contribution in [2.45, 2.75) is 80.1 Å². The third-order valence-corrected chi connectivity index (χ3v) is 9.51. The normalized spacial score (nSPS) is 11.6. The van der Waals surface area contributed by atoms with Crippen LogP contribution in [0, 0.1) is 0 Å². The van der Waals surface area contributed by atoms with Crippen LogP contribution in [0.1, 0.15) is 80.1 Å². The van der Waals surface area contributed by atoms with Crippen LogP contribution in [0.2, 0.25) is 0 Å². The zero-order valence-corrected chi connectivity index (χ0v) is 29.8. The van der Waals surface area contributed by atoms with Crippen molar-refractivity contribution < 1.29 is 44.2 Å². The molecule has 0 heterocycles. The summed E-state index contributed by atoms with van der Waals surface area (Å²) in [7, 11) is 0. The Labute approximate surface area is 251 Å². The average molecular weight is 696 g/mol. The standard InChI is InChI=1S/3C6H15O2PS2.Fe/c3*1-3-5-7-9(10,11)8-6-4-2;/h3*3-6H2,1-2H3,(H,10,11);/q;;;+3/p-3. The van der Waals surface area contributed by atoms with Gasteiger partial charge in [0.1, 0.15) is 0 Å². The summed E-state index contributed by atoms with van der Waals surface area (Å²) >= 11 is 29.7. The first kappa shape index (κ1) is 44.3. The molecule has 0 aliphatic carbocycles. The van der Waals surface area contributed by atoms with Crippen LogP contribution < -0.4 is 0 Å². The number of rotatable bonds is 18. The molecule has 0 aromatic carbocycles. The molecule has 0 saturated heterocycles. The predicted molar refractivity (Wildman–Crippen MR) is 162 cm³/mol. The van der Waals surface area contributed by atoms with Gasteiger partial charge in [0, 0.05) is 0 Å². The third-order valence-electron chi connectivity index (χ3n) is 2.72. The summed E-state index contributed by atoms with van der Waals surface area (Å²) in [5.41, 5.74) is -6.93. The number of hydrogen-bond acceptors (Lipinski definition) is 12. The van der Waals surface area contributed by atoms with Crippen molar-refractivity contribution in [2.75, 3.05) is 39.6 Å². The molecule has 209 valence electrons. The molecule has 0 fully saturated rings. The second-order valence-corrected chi connectivity index (χ2v) is 21.3. The van der Waals surface area contributed by atoms with E-state index >= 15 is 0 Å². The molecular weight excluding hydrogens is 653 g/mol. The fourth-order valence-electron chi connectivity index (χ4n) is 1.33. The molecule has 0 rings (SSSR count). The van der Waals surface area contributed by atoms with Crippen LogP contribution in [0.25, 0.3) is 0 Å². The van der Waals surface area contributed by atoms with Gasteiger partial charge in [0.2, 0.25) is 0 Å². The molecule has 0 aromatic rings. The van der Waals surface area contributed by atoms with Crippen LogP contribution in [0.4, 0.5) is 0 Å². The first-order valence-electron chi connectivity index (χ1n) is 11.2. The van der Waals surface area contributed by atoms with Crippen LogP contribution in [0.15, 0.2) is 0 Å². The van der Waals surface area contributed by atoms with Gasteiger partial charge in [-0.05, 0) is 38.5 Å². The fourth-order valence-corrected chi connectivity index (χ4v) is 6.67. The molecule has 34 heavy (non-hydrogen) atoms. The summed E-state index contributed by atoms with van der Waals surface area (Å²) in [5.74, 6) is 0. The fraction of sp³-hybridized carbons (Fsp3) is 1.00. The molecule has 0 atom stereocenters. The quantitative estimate of drug-likeness (QED) is 0.0798. The Hall–Kier alpha value is 3.28. The van der Waals surface area contributed by atoms with Gasteiger partial charge in [-0.15, -0.1) is 0 Å². The molecule has 0 N–H and O–H groups in total. The predicted octanol–water partition coefficient (Wildman–Crippen LogP) is 7.83. The van der Waals surface area contributed by atoms with Gasteiger partial charge < -0.3 is 63.9 Å². The second-order valence-electron chi connectivity index (χ2n) is 6.34. The summed E-state index contributed by atoms with van der Waals surface area (Å²) in [5, 5.41) is 0. The molecular formula is C18H42FeO6P3S6. The van der Waals surface area contributed by atoms with Crippen molar-refractivity contribution in [3.8, 4) is 0 Å². The second kappa shape index (κ2) is 29.3. The maximum atomic E-state index is 5.20. The molecule has 0 unspecified atom stereocenters. The van der Waals surface area contributed by atoms with Gasteiger partial charge in [0.15, 0.2) is 0 Å². The maximum absolute atomic E-state index is 5.20. The smallest absolute Gasteiger partial charge is 0.691 e. The largest absolute Gasteiger partial charge is 3.00 e. The average Bonchev–Trinajstić information content (AvgIpc) is 2.77. The van der Waals surface area contributed by atoms with E-state index in [1.54, 1.807) is 0 Å². The number of hydrogen-bond donors (Lipinski definition) is 0. The Kier molecular flexibility index (Phi) is 38.1. The zero-order valence-electron chi connectivity index (χ0n) is 21.1. The summed E-state index contributed by atoms with van der Waals surface area (Å²) < 4.78 is 31.2. The first-order chi connectivity index (χ1) is 15.4. The van der Waals surface area contributed by atoms with Gasteiger partial charge >= 0.3 is 17.1 Å². The SMILES string of the molecule is CCCOP(=S)([S-])OCCC.CCCOP(=S)([S-])OCCC.CCCOP(=S)([S-])OCCC.[Fe+3]. The molecule has 0 aliphatic rings. The van der Waals surface area contributed by atoms with E-state index in [2.05, 4.69) is 0 Å².